The molecule has 1 fully saturated rings. The van der Waals surface area contributed by atoms with E-state index in [1.54, 1.807) is 0 Å². The summed E-state index contributed by atoms with van der Waals surface area (Å²) < 4.78 is 3.89. The molecule has 1 heterocycles. The second kappa shape index (κ2) is 10.7. The second-order valence-electron chi connectivity index (χ2n) is 3.85. The first kappa shape index (κ1) is 17.6. The minimum atomic E-state index is -0.745. The number of ether oxygens (including phenoxy) is 1. The summed E-state index contributed by atoms with van der Waals surface area (Å²) in [6.07, 6.45) is 0.453. The fourth-order valence-electron chi connectivity index (χ4n) is 1.67. The van der Waals surface area contributed by atoms with Crippen molar-refractivity contribution in [1.29, 1.82) is 0 Å². The molecule has 1 rings (SSSR count). The van der Waals surface area contributed by atoms with Gasteiger partial charge in [0.05, 0.1) is 7.11 Å². The highest BCUT2D eigenvalue weighted by Crippen LogP contribution is 2.12. The van der Waals surface area contributed by atoms with E-state index in [1.807, 2.05) is 13.8 Å². The topological polar surface area (TPSA) is 81.6 Å². The van der Waals surface area contributed by atoms with E-state index < -0.39 is 6.09 Å². The van der Waals surface area contributed by atoms with E-state index in [2.05, 4.69) is 29.3 Å². The minimum Gasteiger partial charge on any atom is -0.453 e. The van der Waals surface area contributed by atoms with E-state index in [0.717, 1.165) is 12.5 Å². The molecule has 5 heteroatoms. The minimum absolute atomic E-state index is 0.416. The quantitative estimate of drug-likeness (QED) is 0.654. The van der Waals surface area contributed by atoms with Gasteiger partial charge in [0.15, 0.2) is 0 Å². The molecule has 0 bridgehead atoms. The fraction of sp³-hybridized carbons (Fsp3) is 0.909. The van der Waals surface area contributed by atoms with E-state index in [4.69, 9.17) is 5.73 Å². The van der Waals surface area contributed by atoms with Crippen molar-refractivity contribution in [3.8, 4) is 0 Å². The summed E-state index contributed by atoms with van der Waals surface area (Å²) in [4.78, 5) is 11.7. The molecule has 0 aromatic rings. The van der Waals surface area contributed by atoms with Crippen molar-refractivity contribution in [2.75, 3.05) is 27.2 Å². The number of amides is 1. The summed E-state index contributed by atoms with van der Waals surface area (Å²) in [5.41, 5.74) is 10.2. The molecule has 4 N–H and O–H groups in total. The van der Waals surface area contributed by atoms with Crippen LogP contribution in [-0.4, -0.2) is 44.3 Å². The molecule has 5 nitrogen and oxygen atoms in total. The molecule has 0 spiro atoms. The molecule has 1 amide bonds. The Kier molecular flexibility index (Phi) is 11.8. The summed E-state index contributed by atoms with van der Waals surface area (Å²) in [5.74, 6) is 0.791. The predicted molar refractivity (Wildman–Crippen MR) is 67.2 cm³/mol. The average Bonchev–Trinajstić information content (AvgIpc) is 2.19. The zero-order valence-corrected chi connectivity index (χ0v) is 11.2. The van der Waals surface area contributed by atoms with Gasteiger partial charge >= 0.3 is 6.09 Å². The van der Waals surface area contributed by atoms with Crippen LogP contribution < -0.4 is 11.5 Å². The number of carbonyl (C=O) groups excluding carboxylic acids is 1. The standard InChI is InChI=1S/C7H16N2.C2H5NO2.C2H6/c1-6-3-7(8)5-9(2)4-6;1-5-2(3)4;1-2/h6-7H,3-5,8H2,1-2H3;1H3,(H2,3,4);1-2H3. The van der Waals surface area contributed by atoms with Crippen LogP contribution >= 0.6 is 0 Å². The van der Waals surface area contributed by atoms with Crippen molar-refractivity contribution in [3.05, 3.63) is 0 Å². The Balaban J connectivity index is 0. The van der Waals surface area contributed by atoms with Gasteiger partial charge in [0, 0.05) is 19.1 Å². The molecule has 2 unspecified atom stereocenters. The van der Waals surface area contributed by atoms with Crippen LogP contribution in [0.3, 0.4) is 0 Å². The first-order valence-corrected chi connectivity index (χ1v) is 5.73. The maximum Gasteiger partial charge on any atom is 0.404 e. The van der Waals surface area contributed by atoms with E-state index >= 15 is 0 Å². The Hall–Kier alpha value is -0.810. The molecule has 1 saturated heterocycles. The van der Waals surface area contributed by atoms with Crippen LogP contribution in [0.4, 0.5) is 4.79 Å². The Bertz CT molecular complexity index is 152. The van der Waals surface area contributed by atoms with Gasteiger partial charge in [-0.2, -0.15) is 0 Å². The highest BCUT2D eigenvalue weighted by atomic mass is 16.5. The van der Waals surface area contributed by atoms with Crippen LogP contribution in [0.5, 0.6) is 0 Å². The van der Waals surface area contributed by atoms with Crippen LogP contribution in [-0.2, 0) is 4.74 Å². The third kappa shape index (κ3) is 11.3. The lowest BCUT2D eigenvalue weighted by molar-refractivity contribution is 0.182. The first-order chi connectivity index (χ1) is 7.45. The highest BCUT2D eigenvalue weighted by Gasteiger charge is 2.18. The van der Waals surface area contributed by atoms with Crippen molar-refractivity contribution < 1.29 is 9.53 Å². The lowest BCUT2D eigenvalue weighted by atomic mass is 9.97. The fourth-order valence-corrected chi connectivity index (χ4v) is 1.67. The number of primary amides is 1. The summed E-state index contributed by atoms with van der Waals surface area (Å²) in [5, 5.41) is 0. The Morgan fingerprint density at radius 2 is 1.81 bits per heavy atom. The van der Waals surface area contributed by atoms with Crippen molar-refractivity contribution in [2.24, 2.45) is 17.4 Å². The summed E-state index contributed by atoms with van der Waals surface area (Å²) in [7, 11) is 3.36. The van der Waals surface area contributed by atoms with Gasteiger partial charge in [0.25, 0.3) is 0 Å². The second-order valence-corrected chi connectivity index (χ2v) is 3.85. The number of nitrogens with two attached hydrogens (primary N) is 2. The van der Waals surface area contributed by atoms with Gasteiger partial charge in [-0.25, -0.2) is 4.79 Å². The number of likely N-dealkylation sites (tertiary alicyclic amines) is 1. The van der Waals surface area contributed by atoms with E-state index in [1.165, 1.54) is 20.1 Å². The highest BCUT2D eigenvalue weighted by molar-refractivity contribution is 5.64. The monoisotopic (exact) mass is 233 g/mol. The van der Waals surface area contributed by atoms with Crippen LogP contribution in [0.15, 0.2) is 0 Å². The number of carbonyl (C=O) groups is 1. The number of rotatable bonds is 0. The van der Waals surface area contributed by atoms with Crippen LogP contribution in [0, 0.1) is 5.92 Å². The van der Waals surface area contributed by atoms with Gasteiger partial charge in [-0.15, -0.1) is 0 Å². The SMILES string of the molecule is CC.CC1CC(N)CN(C)C1.COC(N)=O. The molecule has 2 atom stereocenters. The van der Waals surface area contributed by atoms with Crippen LogP contribution in [0.1, 0.15) is 27.2 Å². The number of likely N-dealkylation sites (N-methyl/N-ethyl adjacent to an activating group) is 1. The van der Waals surface area contributed by atoms with Gasteiger partial charge in [0.1, 0.15) is 0 Å². The average molecular weight is 233 g/mol. The smallest absolute Gasteiger partial charge is 0.404 e. The molecule has 98 valence electrons. The normalized spacial score (nSPS) is 24.4. The maximum absolute atomic E-state index is 9.37. The lowest BCUT2D eigenvalue weighted by Gasteiger charge is -2.31. The van der Waals surface area contributed by atoms with Gasteiger partial charge in [-0.3, -0.25) is 0 Å². The summed E-state index contributed by atoms with van der Waals surface area (Å²) >= 11 is 0. The molecule has 0 aromatic carbocycles. The summed E-state index contributed by atoms with van der Waals surface area (Å²) in [6, 6.07) is 0.416. The van der Waals surface area contributed by atoms with Gasteiger partial charge < -0.3 is 21.1 Å². The number of nitrogens with zero attached hydrogens (tertiary/aromatic N) is 1. The van der Waals surface area contributed by atoms with Gasteiger partial charge in [-0.05, 0) is 19.4 Å². The largest absolute Gasteiger partial charge is 0.453 e. The van der Waals surface area contributed by atoms with E-state index in [-0.39, 0.29) is 0 Å². The molecule has 0 saturated carbocycles. The zero-order valence-electron chi connectivity index (χ0n) is 11.2. The first-order valence-electron chi connectivity index (χ1n) is 5.73. The number of methoxy groups -OCH3 is 1. The van der Waals surface area contributed by atoms with Gasteiger partial charge in [-0.1, -0.05) is 20.8 Å². The molecular formula is C11H27N3O2. The van der Waals surface area contributed by atoms with E-state index in [9.17, 15) is 4.79 Å². The maximum atomic E-state index is 9.37. The molecule has 1 aliphatic heterocycles. The predicted octanol–water partition coefficient (Wildman–Crippen LogP) is 1.02. The third-order valence-corrected chi connectivity index (χ3v) is 2.08. The van der Waals surface area contributed by atoms with Crippen molar-refractivity contribution in [1.82, 2.24) is 4.90 Å². The summed E-state index contributed by atoms with van der Waals surface area (Å²) in [6.45, 7) is 8.55. The molecule has 0 aliphatic carbocycles. The molecule has 0 aromatic heterocycles. The molecule has 16 heavy (non-hydrogen) atoms. The Labute approximate surface area is 99.1 Å². The number of hydrogen-bond acceptors (Lipinski definition) is 4. The number of piperidine rings is 1. The molecular weight excluding hydrogens is 206 g/mol. The zero-order chi connectivity index (χ0) is 13.1. The van der Waals surface area contributed by atoms with Crippen LogP contribution in [0.2, 0.25) is 0 Å². The van der Waals surface area contributed by atoms with Gasteiger partial charge in [0.2, 0.25) is 0 Å². The lowest BCUT2D eigenvalue weighted by Crippen LogP contribution is -2.44. The van der Waals surface area contributed by atoms with Crippen molar-refractivity contribution >= 4 is 6.09 Å². The van der Waals surface area contributed by atoms with Crippen molar-refractivity contribution in [3.63, 3.8) is 0 Å². The number of hydrogen-bond donors (Lipinski definition) is 2. The van der Waals surface area contributed by atoms with Crippen LogP contribution in [0.25, 0.3) is 0 Å². The molecule has 1 aliphatic rings. The van der Waals surface area contributed by atoms with E-state index in [0.29, 0.717) is 6.04 Å². The molecule has 0 radical (unpaired) electrons. The van der Waals surface area contributed by atoms with Crippen molar-refractivity contribution in [2.45, 2.75) is 33.2 Å². The third-order valence-electron chi connectivity index (χ3n) is 2.08. The Morgan fingerprint density at radius 1 is 1.38 bits per heavy atom. The Morgan fingerprint density at radius 3 is 2.06 bits per heavy atom.